The Kier molecular flexibility index (Phi) is 12.4. The largest absolute Gasteiger partial charge is 0.508 e. The molecule has 5 amide bonds. The minimum Gasteiger partial charge on any atom is -0.508 e. The Balaban J connectivity index is 1.68. The van der Waals surface area contributed by atoms with Crippen LogP contribution in [0.1, 0.15) is 45.2 Å². The molecule has 256 valence electrons. The average Bonchev–Trinajstić information content (AvgIpc) is 2.99. The summed E-state index contributed by atoms with van der Waals surface area (Å²) in [6, 6.07) is 6.89. The van der Waals surface area contributed by atoms with E-state index in [4.69, 9.17) is 4.42 Å². The minimum absolute atomic E-state index is 0.0278. The van der Waals surface area contributed by atoms with Gasteiger partial charge in [-0.1, -0.05) is 26.0 Å². The Bertz CT molecular complexity index is 1750. The molecule has 0 aliphatic carbocycles. The number of carbonyl (C=O) groups excluding carboxylic acids is 5. The van der Waals surface area contributed by atoms with Crippen LogP contribution >= 0.6 is 0 Å². The van der Waals surface area contributed by atoms with Gasteiger partial charge in [0.2, 0.25) is 29.5 Å². The molecule has 15 nitrogen and oxygen atoms in total. The van der Waals surface area contributed by atoms with Gasteiger partial charge in [0.25, 0.3) is 0 Å². The molecule has 0 unspecified atom stereocenters. The number of carboxylic acids is 1. The van der Waals surface area contributed by atoms with Crippen LogP contribution in [-0.2, 0) is 35.2 Å². The number of phenols is 1. The molecule has 48 heavy (non-hydrogen) atoms. The molecule has 3 rings (SSSR count). The number of phenolic OH excluding ortho intramolecular Hbond substituents is 1. The monoisotopic (exact) mass is 665 g/mol. The van der Waals surface area contributed by atoms with Crippen LogP contribution in [0.4, 0.5) is 5.69 Å². The summed E-state index contributed by atoms with van der Waals surface area (Å²) in [6.07, 6.45) is -0.715. The number of carbonyl (C=O) groups is 6. The van der Waals surface area contributed by atoms with Gasteiger partial charge in [-0.3, -0.25) is 28.8 Å². The zero-order valence-corrected chi connectivity index (χ0v) is 27.1. The molecular weight excluding hydrogens is 626 g/mol. The number of hydrogen-bond acceptors (Lipinski definition) is 9. The second-order valence-corrected chi connectivity index (χ2v) is 11.7. The number of anilines is 1. The SMILES string of the molecule is CC(=O)N[C@@H](Cc1ccc(O)cc1)C(=O)N[C@H](C(=O)N[C@H](C)C(=O)N[C@@H](CC(=O)O)C(=O)Nc1ccc2c(C)cc(=O)oc2c1)C(C)C. The van der Waals surface area contributed by atoms with Crippen LogP contribution in [-0.4, -0.2) is 69.9 Å². The van der Waals surface area contributed by atoms with Gasteiger partial charge in [-0.05, 0) is 55.2 Å². The highest BCUT2D eigenvalue weighted by molar-refractivity contribution is 6.01. The molecule has 0 aliphatic heterocycles. The van der Waals surface area contributed by atoms with Crippen molar-refractivity contribution in [1.29, 1.82) is 0 Å². The highest BCUT2D eigenvalue weighted by Crippen LogP contribution is 2.21. The van der Waals surface area contributed by atoms with E-state index < -0.39 is 77.6 Å². The number of aryl methyl sites for hydroxylation is 1. The highest BCUT2D eigenvalue weighted by atomic mass is 16.4. The Morgan fingerprint density at radius 2 is 1.46 bits per heavy atom. The van der Waals surface area contributed by atoms with Gasteiger partial charge in [0.15, 0.2) is 0 Å². The van der Waals surface area contributed by atoms with E-state index in [1.165, 1.54) is 44.2 Å². The summed E-state index contributed by atoms with van der Waals surface area (Å²) in [4.78, 5) is 87.7. The summed E-state index contributed by atoms with van der Waals surface area (Å²) in [6.45, 7) is 7.60. The van der Waals surface area contributed by atoms with Crippen molar-refractivity contribution in [1.82, 2.24) is 21.3 Å². The molecule has 7 N–H and O–H groups in total. The van der Waals surface area contributed by atoms with E-state index in [0.29, 0.717) is 16.5 Å². The van der Waals surface area contributed by atoms with Crippen LogP contribution in [0.3, 0.4) is 0 Å². The number of rotatable bonds is 14. The van der Waals surface area contributed by atoms with Crippen molar-refractivity contribution >= 4 is 52.2 Å². The first-order valence-electron chi connectivity index (χ1n) is 15.1. The Labute approximate surface area is 275 Å². The molecule has 0 aliphatic rings. The van der Waals surface area contributed by atoms with E-state index in [-0.39, 0.29) is 23.4 Å². The van der Waals surface area contributed by atoms with Gasteiger partial charge in [-0.2, -0.15) is 0 Å². The topological polar surface area (TPSA) is 233 Å². The van der Waals surface area contributed by atoms with E-state index in [1.54, 1.807) is 39.0 Å². The van der Waals surface area contributed by atoms with Crippen molar-refractivity contribution in [2.24, 2.45) is 5.92 Å². The Morgan fingerprint density at radius 1 is 0.792 bits per heavy atom. The van der Waals surface area contributed by atoms with E-state index in [9.17, 15) is 43.8 Å². The molecule has 0 saturated heterocycles. The molecule has 4 atom stereocenters. The van der Waals surface area contributed by atoms with Crippen molar-refractivity contribution in [3.05, 3.63) is 70.1 Å². The normalized spacial score (nSPS) is 13.5. The number of aliphatic carboxylic acids is 1. The number of fused-ring (bicyclic) bond motifs is 1. The number of nitrogens with one attached hydrogen (secondary N) is 5. The van der Waals surface area contributed by atoms with Gasteiger partial charge in [0.1, 0.15) is 35.5 Å². The quantitative estimate of drug-likeness (QED) is 0.121. The Morgan fingerprint density at radius 3 is 2.06 bits per heavy atom. The van der Waals surface area contributed by atoms with Crippen molar-refractivity contribution in [3.63, 3.8) is 0 Å². The lowest BCUT2D eigenvalue weighted by Gasteiger charge is -2.27. The molecule has 0 spiro atoms. The predicted octanol–water partition coefficient (Wildman–Crippen LogP) is 1.10. The number of amides is 5. The fraction of sp³-hybridized carbons (Fsp3) is 0.364. The number of aromatic hydroxyl groups is 1. The maximum Gasteiger partial charge on any atom is 0.336 e. The van der Waals surface area contributed by atoms with Crippen LogP contribution in [0.25, 0.3) is 11.0 Å². The third-order valence-electron chi connectivity index (χ3n) is 7.30. The first-order chi connectivity index (χ1) is 22.5. The van der Waals surface area contributed by atoms with E-state index >= 15 is 0 Å². The lowest BCUT2D eigenvalue weighted by molar-refractivity contribution is -0.140. The summed E-state index contributed by atoms with van der Waals surface area (Å²) < 4.78 is 5.18. The fourth-order valence-corrected chi connectivity index (χ4v) is 4.79. The van der Waals surface area contributed by atoms with Gasteiger partial charge in [-0.25, -0.2) is 4.79 Å². The second-order valence-electron chi connectivity index (χ2n) is 11.7. The standard InChI is InChI=1S/C33H39N5O10/c1-16(2)29(38-32(46)24(35-19(5)39)13-20-6-9-22(40)10-7-20)33(47)34-18(4)30(44)37-25(15-27(41)42)31(45)36-21-8-11-23-17(3)12-28(43)48-26(23)14-21/h6-12,14,16,18,24-25,29,40H,13,15H2,1-5H3,(H,34,47)(H,35,39)(H,36,45)(H,37,44)(H,38,46)(H,41,42)/t18-,24+,25+,29+/m1/s1. The molecule has 0 fully saturated rings. The zero-order valence-electron chi connectivity index (χ0n) is 27.1. The predicted molar refractivity (Wildman–Crippen MR) is 174 cm³/mol. The van der Waals surface area contributed by atoms with Crippen molar-refractivity contribution in [2.75, 3.05) is 5.32 Å². The molecule has 1 aromatic heterocycles. The molecule has 0 bridgehead atoms. The fourth-order valence-electron chi connectivity index (χ4n) is 4.79. The molecule has 0 radical (unpaired) electrons. The van der Waals surface area contributed by atoms with Crippen LogP contribution < -0.4 is 32.2 Å². The molecule has 2 aromatic carbocycles. The average molecular weight is 666 g/mol. The zero-order chi connectivity index (χ0) is 35.7. The third-order valence-corrected chi connectivity index (χ3v) is 7.30. The van der Waals surface area contributed by atoms with Crippen LogP contribution in [0.5, 0.6) is 5.75 Å². The highest BCUT2D eigenvalue weighted by Gasteiger charge is 2.32. The molecule has 15 heteroatoms. The van der Waals surface area contributed by atoms with E-state index in [2.05, 4.69) is 26.6 Å². The maximum atomic E-state index is 13.2. The smallest absolute Gasteiger partial charge is 0.336 e. The van der Waals surface area contributed by atoms with Crippen molar-refractivity contribution in [3.8, 4) is 5.75 Å². The van der Waals surface area contributed by atoms with Crippen molar-refractivity contribution < 1.29 is 43.4 Å². The first-order valence-corrected chi connectivity index (χ1v) is 15.1. The summed E-state index contributed by atoms with van der Waals surface area (Å²) in [5.74, 6) is -5.43. The summed E-state index contributed by atoms with van der Waals surface area (Å²) in [5, 5.41) is 32.0. The number of carboxylic acid groups (broad SMARTS) is 1. The molecule has 0 saturated carbocycles. The molecule has 3 aromatic rings. The summed E-state index contributed by atoms with van der Waals surface area (Å²) >= 11 is 0. The second kappa shape index (κ2) is 16.2. The lowest BCUT2D eigenvalue weighted by atomic mass is 10.0. The molecule has 1 heterocycles. The van der Waals surface area contributed by atoms with Gasteiger partial charge in [-0.15, -0.1) is 0 Å². The maximum absolute atomic E-state index is 13.2. The molecular formula is C33H39N5O10. The van der Waals surface area contributed by atoms with Gasteiger partial charge >= 0.3 is 11.6 Å². The van der Waals surface area contributed by atoms with Crippen LogP contribution in [0.15, 0.2) is 57.7 Å². The summed E-state index contributed by atoms with van der Waals surface area (Å²) in [7, 11) is 0. The third kappa shape index (κ3) is 10.4. The summed E-state index contributed by atoms with van der Waals surface area (Å²) in [5.41, 5.74) is 1.09. The van der Waals surface area contributed by atoms with Crippen LogP contribution in [0, 0.1) is 12.8 Å². The van der Waals surface area contributed by atoms with E-state index in [0.717, 1.165) is 0 Å². The van der Waals surface area contributed by atoms with E-state index in [1.807, 2.05) is 0 Å². The first kappa shape index (κ1) is 36.7. The number of benzene rings is 2. The Hall–Kier alpha value is -5.73. The lowest BCUT2D eigenvalue weighted by Crippen LogP contribution is -2.58. The van der Waals surface area contributed by atoms with Gasteiger partial charge < -0.3 is 41.2 Å². The van der Waals surface area contributed by atoms with Crippen molar-refractivity contribution in [2.45, 2.75) is 71.6 Å². The minimum atomic E-state index is -1.55. The van der Waals surface area contributed by atoms with Crippen LogP contribution in [0.2, 0.25) is 0 Å². The number of hydrogen-bond donors (Lipinski definition) is 7. The van der Waals surface area contributed by atoms with Gasteiger partial charge in [0.05, 0.1) is 6.42 Å². The van der Waals surface area contributed by atoms with Gasteiger partial charge in [0, 0.05) is 36.6 Å².